The monoisotopic (exact) mass is 681 g/mol. The molecule has 0 spiro atoms. The highest BCUT2D eigenvalue weighted by Crippen LogP contribution is 2.36. The number of aromatic nitrogens is 2. The van der Waals surface area contributed by atoms with Crippen LogP contribution in [0.2, 0.25) is 0 Å². The normalized spacial score (nSPS) is 14.3. The van der Waals surface area contributed by atoms with E-state index in [4.69, 9.17) is 4.74 Å². The van der Waals surface area contributed by atoms with E-state index >= 15 is 0 Å². The fourth-order valence-corrected chi connectivity index (χ4v) is 5.91. The molecule has 10 nitrogen and oxygen atoms in total. The topological polar surface area (TPSA) is 112 Å². The molecule has 3 N–H and O–H groups in total. The van der Waals surface area contributed by atoms with Crippen molar-refractivity contribution in [1.82, 2.24) is 15.3 Å². The van der Waals surface area contributed by atoms with Crippen molar-refractivity contribution in [3.63, 3.8) is 0 Å². The van der Waals surface area contributed by atoms with Gasteiger partial charge in [0.15, 0.2) is 0 Å². The average molecular weight is 682 g/mol. The van der Waals surface area contributed by atoms with Gasteiger partial charge in [0.2, 0.25) is 5.95 Å². The van der Waals surface area contributed by atoms with Crippen molar-refractivity contribution in [3.8, 4) is 5.75 Å². The second-order valence-electron chi connectivity index (χ2n) is 11.5. The summed E-state index contributed by atoms with van der Waals surface area (Å²) in [6, 6.07) is 20.4. The maximum absolute atomic E-state index is 14.0. The molecule has 1 aliphatic rings. The summed E-state index contributed by atoms with van der Waals surface area (Å²) in [6.45, 7) is 3.51. The molecule has 0 saturated carbocycles. The molecule has 4 aromatic rings. The van der Waals surface area contributed by atoms with Crippen LogP contribution in [0.25, 0.3) is 0 Å². The van der Waals surface area contributed by atoms with E-state index in [9.17, 15) is 22.2 Å². The molecule has 0 radical (unpaired) electrons. The minimum absolute atomic E-state index is 0.0188. The molecule has 48 heavy (non-hydrogen) atoms. The average Bonchev–Trinajstić information content (AvgIpc) is 3.07. The first-order chi connectivity index (χ1) is 22.9. The number of aryl methyl sites for hydroxylation is 1. The van der Waals surface area contributed by atoms with Crippen molar-refractivity contribution < 1.29 is 26.9 Å². The molecule has 0 bridgehead atoms. The molecule has 3 aromatic carbocycles. The Morgan fingerprint density at radius 1 is 1.08 bits per heavy atom. The Bertz CT molecular complexity index is 1770. The van der Waals surface area contributed by atoms with E-state index in [0.717, 1.165) is 37.2 Å². The van der Waals surface area contributed by atoms with E-state index in [1.807, 2.05) is 37.3 Å². The molecule has 14 heteroatoms. The van der Waals surface area contributed by atoms with Crippen molar-refractivity contribution in [3.05, 3.63) is 95.2 Å². The summed E-state index contributed by atoms with van der Waals surface area (Å²) < 4.78 is 61.1. The number of nitrogens with zero attached hydrogens (tertiary/aromatic N) is 4. The minimum atomic E-state index is -4.72. The summed E-state index contributed by atoms with van der Waals surface area (Å²) >= 11 is 0. The Morgan fingerprint density at radius 2 is 1.81 bits per heavy atom. The largest absolute Gasteiger partial charge is 0.495 e. The lowest BCUT2D eigenvalue weighted by molar-refractivity contribution is -0.137. The van der Waals surface area contributed by atoms with E-state index in [1.165, 1.54) is 13.4 Å². The van der Waals surface area contributed by atoms with Gasteiger partial charge in [-0.1, -0.05) is 30.3 Å². The highest BCUT2D eigenvalue weighted by atomic mass is 32.2. The van der Waals surface area contributed by atoms with Crippen LogP contribution in [0.4, 0.5) is 42.0 Å². The van der Waals surface area contributed by atoms with Crippen LogP contribution in [0, 0.1) is 6.92 Å². The Balaban J connectivity index is 1.29. The molecule has 1 fully saturated rings. The van der Waals surface area contributed by atoms with E-state index in [2.05, 4.69) is 43.0 Å². The number of benzene rings is 3. The molecule has 2 heterocycles. The van der Waals surface area contributed by atoms with E-state index in [1.54, 1.807) is 35.6 Å². The number of ether oxygens (including phenoxy) is 1. The first-order valence-corrected chi connectivity index (χ1v) is 16.8. The minimum Gasteiger partial charge on any atom is -0.495 e. The zero-order chi connectivity index (χ0) is 34.4. The number of carbonyl (C=O) groups excluding carboxylic acids is 1. The van der Waals surface area contributed by atoms with E-state index < -0.39 is 28.5 Å². The van der Waals surface area contributed by atoms with Gasteiger partial charge in [-0.2, -0.15) is 18.2 Å². The van der Waals surface area contributed by atoms with Gasteiger partial charge in [0.25, 0.3) is 5.91 Å². The third-order valence-electron chi connectivity index (χ3n) is 8.17. The summed E-state index contributed by atoms with van der Waals surface area (Å²) in [5, 5.41) is 8.82. The molecule has 1 saturated heterocycles. The second-order valence-corrected chi connectivity index (χ2v) is 12.9. The van der Waals surface area contributed by atoms with Gasteiger partial charge >= 0.3 is 6.18 Å². The van der Waals surface area contributed by atoms with Gasteiger partial charge < -0.3 is 25.6 Å². The predicted octanol–water partition coefficient (Wildman–Crippen LogP) is 6.30. The van der Waals surface area contributed by atoms with E-state index in [0.29, 0.717) is 34.4 Å². The van der Waals surface area contributed by atoms with Gasteiger partial charge in [-0.25, -0.2) is 9.19 Å². The van der Waals surface area contributed by atoms with Crippen molar-refractivity contribution in [2.24, 2.45) is 0 Å². The lowest BCUT2D eigenvalue weighted by Gasteiger charge is -2.34. The molecule has 5 rings (SSSR count). The highest BCUT2D eigenvalue weighted by Gasteiger charge is 2.35. The molecule has 254 valence electrons. The standard InChI is InChI=1S/C34H38F3N7O3S/c1-22-10-11-24(29(18-22)43(2)48(4)46)20-38-31-27(34(35,36)37)21-39-33(42-31)41-28-13-12-23(19-30(28)47-3)32(45)40-25-14-16-44(17-15-25)26-8-6-5-7-9-26/h5-13,18-19,21,25H,14-17,20H2,1-4H3,(H,40,45)(H2,38,39,41,42). The van der Waals surface area contributed by atoms with Gasteiger partial charge in [0.05, 0.1) is 18.5 Å². The van der Waals surface area contributed by atoms with Crippen LogP contribution in [-0.4, -0.2) is 59.6 Å². The first kappa shape index (κ1) is 34.5. The molecule has 1 atom stereocenters. The SMILES string of the molecule is COc1cc(C(=O)NC2CCN(c3ccccc3)CC2)ccc1Nc1ncc(C(F)(F)F)c(NCc2ccc(C)cc2N(C)S(C)=O)n1. The van der Waals surface area contributed by atoms with Crippen molar-refractivity contribution in [2.45, 2.75) is 38.5 Å². The predicted molar refractivity (Wildman–Crippen MR) is 183 cm³/mol. The smallest absolute Gasteiger partial charge is 0.421 e. The molecule has 1 aromatic heterocycles. The lowest BCUT2D eigenvalue weighted by Crippen LogP contribution is -2.44. The lowest BCUT2D eigenvalue weighted by atomic mass is 10.0. The number of hydrogen-bond acceptors (Lipinski definition) is 8. The number of halogens is 3. The highest BCUT2D eigenvalue weighted by molar-refractivity contribution is 7.85. The maximum Gasteiger partial charge on any atom is 0.421 e. The van der Waals surface area contributed by atoms with Crippen LogP contribution in [0.3, 0.4) is 0 Å². The zero-order valence-corrected chi connectivity index (χ0v) is 27.9. The van der Waals surface area contributed by atoms with Crippen molar-refractivity contribution in [1.29, 1.82) is 0 Å². The van der Waals surface area contributed by atoms with Crippen molar-refractivity contribution in [2.75, 3.05) is 53.3 Å². The molecule has 1 aliphatic heterocycles. The number of hydrogen-bond donors (Lipinski definition) is 3. The molecule has 0 aliphatic carbocycles. The Labute approximate surface area is 280 Å². The molecular formula is C34H38F3N7O3S. The molecule has 1 amide bonds. The number of piperidine rings is 1. The van der Waals surface area contributed by atoms with Gasteiger partial charge in [0.1, 0.15) is 28.1 Å². The number of amides is 1. The van der Waals surface area contributed by atoms with Gasteiger partial charge in [-0.05, 0) is 67.3 Å². The Hall–Kier alpha value is -4.85. The third kappa shape index (κ3) is 8.35. The number of anilines is 5. The maximum atomic E-state index is 14.0. The second kappa shape index (κ2) is 14.9. The number of para-hydroxylation sites is 1. The number of carbonyl (C=O) groups is 1. The quantitative estimate of drug-likeness (QED) is 0.169. The van der Waals surface area contributed by atoms with Gasteiger partial charge in [-0.15, -0.1) is 0 Å². The number of methoxy groups -OCH3 is 1. The Kier molecular flexibility index (Phi) is 10.7. The Morgan fingerprint density at radius 3 is 2.48 bits per heavy atom. The van der Waals surface area contributed by atoms with E-state index in [-0.39, 0.29) is 24.4 Å². The van der Waals surface area contributed by atoms with Gasteiger partial charge in [0, 0.05) is 56.4 Å². The van der Waals surface area contributed by atoms with Crippen molar-refractivity contribution >= 4 is 45.7 Å². The summed E-state index contributed by atoms with van der Waals surface area (Å²) in [4.78, 5) is 23.5. The zero-order valence-electron chi connectivity index (χ0n) is 27.1. The number of rotatable bonds is 11. The number of alkyl halides is 3. The third-order valence-corrected chi connectivity index (χ3v) is 9.14. The van der Waals surface area contributed by atoms with Crippen LogP contribution >= 0.6 is 0 Å². The molecule has 1 unspecified atom stereocenters. The summed E-state index contributed by atoms with van der Waals surface area (Å²) in [5.74, 6) is -0.495. The fourth-order valence-electron chi connectivity index (χ4n) is 5.46. The van der Waals surface area contributed by atoms with Crippen LogP contribution in [0.5, 0.6) is 5.75 Å². The summed E-state index contributed by atoms with van der Waals surface area (Å²) in [5.41, 5.74) is 3.04. The number of nitrogens with one attached hydrogen (secondary N) is 3. The van der Waals surface area contributed by atoms with Crippen LogP contribution in [0.1, 0.15) is 39.9 Å². The summed E-state index contributed by atoms with van der Waals surface area (Å²) in [7, 11) is 1.75. The van der Waals surface area contributed by atoms with Gasteiger partial charge in [-0.3, -0.25) is 9.10 Å². The first-order valence-electron chi connectivity index (χ1n) is 15.3. The summed E-state index contributed by atoms with van der Waals surface area (Å²) in [6.07, 6.45) is -0.882. The van der Waals surface area contributed by atoms with Crippen LogP contribution in [-0.2, 0) is 23.7 Å². The van der Waals surface area contributed by atoms with Crippen LogP contribution in [0.15, 0.2) is 72.9 Å². The molecular weight excluding hydrogens is 643 g/mol. The fraction of sp³-hybridized carbons (Fsp3) is 0.324. The van der Waals surface area contributed by atoms with Crippen LogP contribution < -0.4 is 29.9 Å².